The fraction of sp³-hybridized carbons (Fsp3) is 0.217. The van der Waals surface area contributed by atoms with Gasteiger partial charge in [-0.3, -0.25) is 19.4 Å². The van der Waals surface area contributed by atoms with Crippen molar-refractivity contribution in [2.24, 2.45) is 5.10 Å². The van der Waals surface area contributed by atoms with Gasteiger partial charge in [0, 0.05) is 12.1 Å². The number of rotatable bonds is 5. The molecular weight excluding hydrogens is 431 g/mol. The van der Waals surface area contributed by atoms with Crippen LogP contribution >= 0.6 is 0 Å². The second-order valence-corrected chi connectivity index (χ2v) is 7.73. The number of furan rings is 2. The first-order valence-electron chi connectivity index (χ1n) is 10.3. The van der Waals surface area contributed by atoms with Gasteiger partial charge in [0.05, 0.1) is 12.5 Å². The number of hydrogen-bond acceptors (Lipinski definition) is 6. The molecular formula is C23H19FN4O5. The smallest absolute Gasteiger partial charge is 0.332 e. The molecule has 4 heterocycles. The van der Waals surface area contributed by atoms with E-state index < -0.39 is 42.3 Å². The SMILES string of the molecule is CC1C(=O)N(CC(=O)N2N=C(c3ccco3)CC2c2ccco2)C(=O)N1c1ccc(F)cc1. The summed E-state index contributed by atoms with van der Waals surface area (Å²) in [7, 11) is 0. The predicted octanol–water partition coefficient (Wildman–Crippen LogP) is 3.55. The number of amides is 4. The number of carbonyl (C=O) groups excluding carboxylic acids is 3. The predicted molar refractivity (Wildman–Crippen MR) is 114 cm³/mol. The highest BCUT2D eigenvalue weighted by Gasteiger charge is 2.46. The molecule has 9 nitrogen and oxygen atoms in total. The molecule has 1 fully saturated rings. The van der Waals surface area contributed by atoms with Crippen LogP contribution in [0.2, 0.25) is 0 Å². The fourth-order valence-corrected chi connectivity index (χ4v) is 4.05. The molecule has 33 heavy (non-hydrogen) atoms. The second-order valence-electron chi connectivity index (χ2n) is 7.73. The van der Waals surface area contributed by atoms with Crippen molar-refractivity contribution in [3.8, 4) is 0 Å². The monoisotopic (exact) mass is 450 g/mol. The van der Waals surface area contributed by atoms with Crippen molar-refractivity contribution in [3.05, 3.63) is 78.4 Å². The first kappa shape index (κ1) is 20.7. The van der Waals surface area contributed by atoms with Gasteiger partial charge in [0.15, 0.2) is 0 Å². The maximum Gasteiger partial charge on any atom is 0.332 e. The summed E-state index contributed by atoms with van der Waals surface area (Å²) in [5.74, 6) is -0.491. The van der Waals surface area contributed by atoms with Gasteiger partial charge >= 0.3 is 6.03 Å². The second kappa shape index (κ2) is 8.05. The molecule has 0 bridgehead atoms. The molecule has 2 atom stereocenters. The van der Waals surface area contributed by atoms with Crippen molar-refractivity contribution >= 4 is 29.2 Å². The van der Waals surface area contributed by atoms with Crippen LogP contribution in [0.1, 0.15) is 30.9 Å². The number of nitrogens with zero attached hydrogens (tertiary/aromatic N) is 4. The van der Waals surface area contributed by atoms with Gasteiger partial charge in [-0.2, -0.15) is 5.10 Å². The third-order valence-corrected chi connectivity index (χ3v) is 5.69. The van der Waals surface area contributed by atoms with Gasteiger partial charge in [-0.1, -0.05) is 0 Å². The van der Waals surface area contributed by atoms with Crippen LogP contribution in [0.25, 0.3) is 0 Å². The standard InChI is InChI=1S/C23H19FN4O5/c1-14-22(30)26(23(31)27(14)16-8-6-15(24)7-9-16)13-21(29)28-18(20-5-3-11-33-20)12-17(25-28)19-4-2-10-32-19/h2-11,14,18H,12-13H2,1H3. The molecule has 10 heteroatoms. The molecule has 5 rings (SSSR count). The summed E-state index contributed by atoms with van der Waals surface area (Å²) in [6, 6.07) is 10.1. The van der Waals surface area contributed by atoms with E-state index in [9.17, 15) is 18.8 Å². The number of halogens is 1. The topological polar surface area (TPSA) is 99.6 Å². The van der Waals surface area contributed by atoms with Crippen molar-refractivity contribution in [1.29, 1.82) is 0 Å². The molecule has 1 saturated heterocycles. The van der Waals surface area contributed by atoms with Crippen LogP contribution in [0.15, 0.2) is 75.0 Å². The molecule has 2 aliphatic heterocycles. The van der Waals surface area contributed by atoms with E-state index in [0.29, 0.717) is 29.3 Å². The summed E-state index contributed by atoms with van der Waals surface area (Å²) < 4.78 is 24.2. The minimum absolute atomic E-state index is 0.354. The molecule has 2 unspecified atom stereocenters. The Morgan fingerprint density at radius 3 is 2.48 bits per heavy atom. The first-order chi connectivity index (χ1) is 15.9. The van der Waals surface area contributed by atoms with Crippen LogP contribution in [-0.4, -0.2) is 46.1 Å². The zero-order chi connectivity index (χ0) is 23.1. The molecule has 0 aliphatic carbocycles. The highest BCUT2D eigenvalue weighted by Crippen LogP contribution is 2.34. The average Bonchev–Trinajstić information content (AvgIpc) is 3.60. The van der Waals surface area contributed by atoms with Crippen molar-refractivity contribution in [2.75, 3.05) is 11.4 Å². The normalized spacial score (nSPS) is 20.7. The van der Waals surface area contributed by atoms with Crippen LogP contribution in [0, 0.1) is 5.82 Å². The van der Waals surface area contributed by atoms with Crippen LogP contribution in [0.3, 0.4) is 0 Å². The van der Waals surface area contributed by atoms with E-state index in [-0.39, 0.29) is 0 Å². The number of hydrazone groups is 1. The van der Waals surface area contributed by atoms with Crippen molar-refractivity contribution in [2.45, 2.75) is 25.4 Å². The minimum Gasteiger partial charge on any atom is -0.467 e. The summed E-state index contributed by atoms with van der Waals surface area (Å²) in [5.41, 5.74) is 0.917. The van der Waals surface area contributed by atoms with Gasteiger partial charge in [-0.05, 0) is 55.5 Å². The molecule has 0 spiro atoms. The van der Waals surface area contributed by atoms with Crippen LogP contribution in [-0.2, 0) is 9.59 Å². The highest BCUT2D eigenvalue weighted by atomic mass is 19.1. The van der Waals surface area contributed by atoms with E-state index in [4.69, 9.17) is 8.83 Å². The molecule has 2 aromatic heterocycles. The van der Waals surface area contributed by atoms with Crippen LogP contribution in [0.5, 0.6) is 0 Å². The van der Waals surface area contributed by atoms with Gasteiger partial charge in [-0.25, -0.2) is 14.2 Å². The molecule has 0 N–H and O–H groups in total. The number of urea groups is 1. The van der Waals surface area contributed by atoms with Crippen LogP contribution < -0.4 is 4.90 Å². The molecule has 4 amide bonds. The van der Waals surface area contributed by atoms with E-state index in [0.717, 1.165) is 4.90 Å². The quantitative estimate of drug-likeness (QED) is 0.554. The summed E-state index contributed by atoms with van der Waals surface area (Å²) >= 11 is 0. The Balaban J connectivity index is 1.39. The number of imide groups is 1. The van der Waals surface area contributed by atoms with Crippen LogP contribution in [0.4, 0.5) is 14.9 Å². The van der Waals surface area contributed by atoms with E-state index >= 15 is 0 Å². The third-order valence-electron chi connectivity index (χ3n) is 5.69. The Hall–Kier alpha value is -4.21. The van der Waals surface area contributed by atoms with E-state index in [1.54, 1.807) is 31.2 Å². The lowest BCUT2D eigenvalue weighted by Crippen LogP contribution is -2.42. The number of carbonyl (C=O) groups is 3. The van der Waals surface area contributed by atoms with Gasteiger partial charge in [0.1, 0.15) is 41.7 Å². The zero-order valence-electron chi connectivity index (χ0n) is 17.6. The van der Waals surface area contributed by atoms with E-state index in [2.05, 4.69) is 5.10 Å². The number of benzene rings is 1. The lowest BCUT2D eigenvalue weighted by molar-refractivity contribution is -0.138. The van der Waals surface area contributed by atoms with Gasteiger partial charge in [0.2, 0.25) is 0 Å². The summed E-state index contributed by atoms with van der Waals surface area (Å²) in [5, 5.41) is 5.63. The lowest BCUT2D eigenvalue weighted by atomic mass is 10.1. The van der Waals surface area contributed by atoms with Crippen molar-refractivity contribution in [1.82, 2.24) is 9.91 Å². The van der Waals surface area contributed by atoms with E-state index in [1.165, 1.54) is 46.7 Å². The number of hydrogen-bond donors (Lipinski definition) is 0. The van der Waals surface area contributed by atoms with Gasteiger partial charge in [0.25, 0.3) is 11.8 Å². The largest absolute Gasteiger partial charge is 0.467 e. The molecule has 0 saturated carbocycles. The van der Waals surface area contributed by atoms with Crippen molar-refractivity contribution in [3.63, 3.8) is 0 Å². The fourth-order valence-electron chi connectivity index (χ4n) is 4.05. The Labute approximate surface area is 187 Å². The van der Waals surface area contributed by atoms with Gasteiger partial charge in [-0.15, -0.1) is 0 Å². The number of anilines is 1. The molecule has 2 aliphatic rings. The Kier molecular flexibility index (Phi) is 5.04. The minimum atomic E-state index is -0.836. The Morgan fingerprint density at radius 1 is 1.09 bits per heavy atom. The molecule has 3 aromatic rings. The Morgan fingerprint density at radius 2 is 1.82 bits per heavy atom. The summed E-state index contributed by atoms with van der Waals surface area (Å²) in [6.07, 6.45) is 3.36. The highest BCUT2D eigenvalue weighted by molar-refractivity contribution is 6.15. The molecule has 1 aromatic carbocycles. The lowest BCUT2D eigenvalue weighted by Gasteiger charge is -2.22. The molecule has 0 radical (unpaired) electrons. The molecule has 168 valence electrons. The summed E-state index contributed by atoms with van der Waals surface area (Å²) in [4.78, 5) is 41.2. The van der Waals surface area contributed by atoms with Crippen molar-refractivity contribution < 1.29 is 27.6 Å². The zero-order valence-corrected chi connectivity index (χ0v) is 17.6. The summed E-state index contributed by atoms with van der Waals surface area (Å²) in [6.45, 7) is 1.06. The van der Waals surface area contributed by atoms with Gasteiger partial charge < -0.3 is 8.83 Å². The Bertz CT molecular complexity index is 1220. The first-order valence-corrected chi connectivity index (χ1v) is 10.3. The average molecular weight is 450 g/mol. The maximum atomic E-state index is 13.3. The van der Waals surface area contributed by atoms with E-state index in [1.807, 2.05) is 0 Å². The maximum absolute atomic E-state index is 13.3. The third kappa shape index (κ3) is 3.59.